The average molecular weight is 334 g/mol. The molecule has 3 nitrogen and oxygen atoms in total. The molecule has 130 valence electrons. The summed E-state index contributed by atoms with van der Waals surface area (Å²) in [5, 5.41) is 11.7. The van der Waals surface area contributed by atoms with Crippen molar-refractivity contribution in [2.45, 2.75) is 45.7 Å². The number of hydrogen-bond acceptors (Lipinski definition) is 2. The van der Waals surface area contributed by atoms with E-state index in [0.717, 1.165) is 25.1 Å². The van der Waals surface area contributed by atoms with Crippen LogP contribution in [0.4, 0.5) is 0 Å². The molecule has 3 heteroatoms. The monoisotopic (exact) mass is 334 g/mol. The van der Waals surface area contributed by atoms with E-state index in [-0.39, 0.29) is 0 Å². The minimum absolute atomic E-state index is 0.293. The zero-order chi connectivity index (χ0) is 17.4. The van der Waals surface area contributed by atoms with Crippen molar-refractivity contribution >= 4 is 10.9 Å². The number of benzene rings is 2. The normalized spacial score (nSPS) is 18.7. The maximum absolute atomic E-state index is 10.4. The number of aromatic nitrogens is 1. The summed E-state index contributed by atoms with van der Waals surface area (Å²) in [6.07, 6.45) is 3.56. The number of likely N-dealkylation sites (tertiary alicyclic amines) is 1. The molecule has 0 bridgehead atoms. The summed E-state index contributed by atoms with van der Waals surface area (Å²) in [4.78, 5) is 6.06. The molecule has 0 amide bonds. The summed E-state index contributed by atoms with van der Waals surface area (Å²) in [5.41, 5.74) is 6.13. The maximum Gasteiger partial charge on any atom is 0.120 e. The third-order valence-electron chi connectivity index (χ3n) is 5.54. The molecule has 4 rings (SSSR count). The smallest absolute Gasteiger partial charge is 0.120 e. The highest BCUT2D eigenvalue weighted by Crippen LogP contribution is 2.38. The summed E-state index contributed by atoms with van der Waals surface area (Å²) in [5.74, 6) is 0.429. The quantitative estimate of drug-likeness (QED) is 0.689. The highest BCUT2D eigenvalue weighted by Gasteiger charge is 2.27. The number of para-hydroxylation sites is 1. The minimum Gasteiger partial charge on any atom is -0.508 e. The molecule has 0 spiro atoms. The Kier molecular flexibility index (Phi) is 4.26. The van der Waals surface area contributed by atoms with Gasteiger partial charge in [0.15, 0.2) is 0 Å². The van der Waals surface area contributed by atoms with E-state index in [9.17, 15) is 5.11 Å². The first-order valence-corrected chi connectivity index (χ1v) is 9.23. The molecule has 1 aliphatic heterocycles. The molecule has 1 aliphatic rings. The van der Waals surface area contributed by atoms with Crippen LogP contribution in [0.3, 0.4) is 0 Å². The van der Waals surface area contributed by atoms with E-state index in [0.29, 0.717) is 11.8 Å². The number of aromatic hydroxyl groups is 1. The van der Waals surface area contributed by atoms with Gasteiger partial charge < -0.3 is 10.1 Å². The van der Waals surface area contributed by atoms with Crippen LogP contribution < -0.4 is 0 Å². The molecule has 1 aromatic heterocycles. The van der Waals surface area contributed by atoms with Gasteiger partial charge >= 0.3 is 0 Å². The van der Waals surface area contributed by atoms with Crippen LogP contribution >= 0.6 is 0 Å². The van der Waals surface area contributed by atoms with Gasteiger partial charge in [-0.05, 0) is 50.9 Å². The van der Waals surface area contributed by atoms with Crippen LogP contribution in [0.15, 0.2) is 42.5 Å². The van der Waals surface area contributed by atoms with Gasteiger partial charge in [-0.2, -0.15) is 0 Å². The SMILES string of the molecule is Cc1ccc(O)c(C2CCCCN2Cc2c(C)[nH]c3ccccc23)c1. The van der Waals surface area contributed by atoms with Crippen LogP contribution in [0.5, 0.6) is 5.75 Å². The van der Waals surface area contributed by atoms with E-state index >= 15 is 0 Å². The molecule has 0 saturated carbocycles. The fourth-order valence-corrected chi connectivity index (χ4v) is 4.21. The van der Waals surface area contributed by atoms with Crippen molar-refractivity contribution in [3.63, 3.8) is 0 Å². The number of phenolic OH excluding ortho intramolecular Hbond substituents is 1. The Morgan fingerprint density at radius 3 is 2.84 bits per heavy atom. The van der Waals surface area contributed by atoms with Gasteiger partial charge in [0.05, 0.1) is 0 Å². The molecule has 2 aromatic carbocycles. The second kappa shape index (κ2) is 6.57. The van der Waals surface area contributed by atoms with Crippen LogP contribution in [0, 0.1) is 13.8 Å². The molecule has 1 atom stereocenters. The lowest BCUT2D eigenvalue weighted by atomic mass is 9.92. The average Bonchev–Trinajstić information content (AvgIpc) is 2.93. The largest absolute Gasteiger partial charge is 0.508 e. The van der Waals surface area contributed by atoms with Gasteiger partial charge in [-0.15, -0.1) is 0 Å². The van der Waals surface area contributed by atoms with Gasteiger partial charge in [0.25, 0.3) is 0 Å². The minimum atomic E-state index is 0.293. The van der Waals surface area contributed by atoms with E-state index in [1.807, 2.05) is 12.1 Å². The van der Waals surface area contributed by atoms with Crippen LogP contribution in [0.1, 0.15) is 47.7 Å². The van der Waals surface area contributed by atoms with Gasteiger partial charge in [0, 0.05) is 34.7 Å². The first-order valence-electron chi connectivity index (χ1n) is 9.23. The molecule has 0 aliphatic carbocycles. The Morgan fingerprint density at radius 1 is 1.12 bits per heavy atom. The molecule has 2 N–H and O–H groups in total. The van der Waals surface area contributed by atoms with Crippen LogP contribution in [-0.2, 0) is 6.54 Å². The molecule has 25 heavy (non-hydrogen) atoms. The number of piperidine rings is 1. The Bertz CT molecular complexity index is 896. The van der Waals surface area contributed by atoms with Crippen molar-refractivity contribution in [2.24, 2.45) is 0 Å². The highest BCUT2D eigenvalue weighted by molar-refractivity contribution is 5.84. The molecule has 1 saturated heterocycles. The fourth-order valence-electron chi connectivity index (χ4n) is 4.21. The number of H-pyrrole nitrogens is 1. The highest BCUT2D eigenvalue weighted by atomic mass is 16.3. The molecule has 1 unspecified atom stereocenters. The van der Waals surface area contributed by atoms with Gasteiger partial charge in [0.1, 0.15) is 5.75 Å². The molecule has 3 aromatic rings. The molecule has 1 fully saturated rings. The van der Waals surface area contributed by atoms with Crippen molar-refractivity contribution in [1.82, 2.24) is 9.88 Å². The van der Waals surface area contributed by atoms with Gasteiger partial charge in [-0.25, -0.2) is 0 Å². The van der Waals surface area contributed by atoms with Crippen molar-refractivity contribution < 1.29 is 5.11 Å². The predicted octanol–water partition coefficient (Wildman–Crippen LogP) is 5.22. The van der Waals surface area contributed by atoms with E-state index < -0.39 is 0 Å². The molecule has 0 radical (unpaired) electrons. The van der Waals surface area contributed by atoms with Crippen LogP contribution in [0.25, 0.3) is 10.9 Å². The Morgan fingerprint density at radius 2 is 1.96 bits per heavy atom. The Balaban J connectivity index is 1.70. The van der Waals surface area contributed by atoms with Gasteiger partial charge in [-0.3, -0.25) is 4.90 Å². The second-order valence-corrected chi connectivity index (χ2v) is 7.32. The summed E-state index contributed by atoms with van der Waals surface area (Å²) in [6, 6.07) is 14.8. The number of nitrogens with zero attached hydrogens (tertiary/aromatic N) is 1. The zero-order valence-electron chi connectivity index (χ0n) is 15.0. The lowest BCUT2D eigenvalue weighted by molar-refractivity contribution is 0.138. The Hall–Kier alpha value is -2.26. The third-order valence-corrected chi connectivity index (χ3v) is 5.54. The lowest BCUT2D eigenvalue weighted by Gasteiger charge is -2.36. The summed E-state index contributed by atoms with van der Waals surface area (Å²) in [6.45, 7) is 6.27. The number of hydrogen-bond donors (Lipinski definition) is 2. The van der Waals surface area contributed by atoms with Gasteiger partial charge in [-0.1, -0.05) is 42.3 Å². The van der Waals surface area contributed by atoms with Crippen molar-refractivity contribution in [3.05, 3.63) is 64.8 Å². The van der Waals surface area contributed by atoms with E-state index in [4.69, 9.17) is 0 Å². The molecular weight excluding hydrogens is 308 g/mol. The predicted molar refractivity (Wildman–Crippen MR) is 103 cm³/mol. The first-order chi connectivity index (χ1) is 12.1. The number of phenols is 1. The van der Waals surface area contributed by atoms with Crippen LogP contribution in [-0.4, -0.2) is 21.5 Å². The maximum atomic E-state index is 10.4. The number of aryl methyl sites for hydroxylation is 2. The summed E-state index contributed by atoms with van der Waals surface area (Å²) >= 11 is 0. The molecular formula is C22H26N2O. The fraction of sp³-hybridized carbons (Fsp3) is 0.364. The van der Waals surface area contributed by atoms with Crippen molar-refractivity contribution in [3.8, 4) is 5.75 Å². The van der Waals surface area contributed by atoms with Gasteiger partial charge in [0.2, 0.25) is 0 Å². The van der Waals surface area contributed by atoms with Crippen molar-refractivity contribution in [2.75, 3.05) is 6.54 Å². The topological polar surface area (TPSA) is 39.3 Å². The summed E-state index contributed by atoms with van der Waals surface area (Å²) in [7, 11) is 0. The number of aromatic amines is 1. The number of fused-ring (bicyclic) bond motifs is 1. The second-order valence-electron chi connectivity index (χ2n) is 7.32. The van der Waals surface area contributed by atoms with Crippen molar-refractivity contribution in [1.29, 1.82) is 0 Å². The van der Waals surface area contributed by atoms with E-state index in [1.165, 1.54) is 40.6 Å². The standard InChI is InChI=1S/C22H26N2O/c1-15-10-11-22(25)18(13-15)21-9-5-6-12-24(21)14-19-16(2)23-20-8-4-3-7-17(19)20/h3-4,7-8,10-11,13,21,23,25H,5-6,9,12,14H2,1-2H3. The zero-order valence-corrected chi connectivity index (χ0v) is 15.0. The van der Waals surface area contributed by atoms with E-state index in [2.05, 4.69) is 54.1 Å². The van der Waals surface area contributed by atoms with E-state index in [1.54, 1.807) is 0 Å². The summed E-state index contributed by atoms with van der Waals surface area (Å²) < 4.78 is 0. The Labute approximate surface area is 149 Å². The first kappa shape index (κ1) is 16.2. The molecule has 2 heterocycles. The third kappa shape index (κ3) is 3.05. The van der Waals surface area contributed by atoms with Crippen LogP contribution in [0.2, 0.25) is 0 Å². The lowest BCUT2D eigenvalue weighted by Crippen LogP contribution is -2.33. The number of rotatable bonds is 3. The number of nitrogens with one attached hydrogen (secondary N) is 1.